The molecule has 3 rings (SSSR count). The monoisotopic (exact) mass is 392 g/mol. The third-order valence-electron chi connectivity index (χ3n) is 6.48. The number of allylic oxidation sites excluding steroid dienone is 4. The maximum Gasteiger partial charge on any atom is 0.0969 e. The predicted molar refractivity (Wildman–Crippen MR) is 127 cm³/mol. The van der Waals surface area contributed by atoms with E-state index in [4.69, 9.17) is 0 Å². The van der Waals surface area contributed by atoms with Crippen LogP contribution in [0, 0.1) is 13.8 Å². The Morgan fingerprint density at radius 1 is 0.593 bits per heavy atom. The van der Waals surface area contributed by atoms with Gasteiger partial charge < -0.3 is 0 Å². The van der Waals surface area contributed by atoms with E-state index in [1.54, 1.807) is 21.8 Å². The molecule has 0 saturated heterocycles. The summed E-state index contributed by atoms with van der Waals surface area (Å²) in [6.07, 6.45) is 0. The van der Waals surface area contributed by atoms with E-state index in [0.717, 1.165) is 0 Å². The van der Waals surface area contributed by atoms with Gasteiger partial charge in [-0.25, -0.2) is 0 Å². The van der Waals surface area contributed by atoms with Crippen molar-refractivity contribution in [3.05, 3.63) is 82.0 Å². The van der Waals surface area contributed by atoms with Gasteiger partial charge in [0.15, 0.2) is 0 Å². The van der Waals surface area contributed by atoms with Crippen molar-refractivity contribution in [1.82, 2.24) is 0 Å². The first kappa shape index (κ1) is 20.3. The fraction of sp³-hybridized carbons (Fsp3) is 0.360. The largest absolute Gasteiger partial charge is 0.0969 e. The highest BCUT2D eigenvalue weighted by Gasteiger charge is 2.45. The van der Waals surface area contributed by atoms with Gasteiger partial charge >= 0.3 is 0 Å². The average molecular weight is 393 g/mol. The first-order valence-corrected chi connectivity index (χ1v) is 15.2. The van der Waals surface area contributed by atoms with Crippen molar-refractivity contribution in [2.45, 2.75) is 60.2 Å². The lowest BCUT2D eigenvalue weighted by Crippen LogP contribution is -2.39. The molecule has 0 saturated carbocycles. The molecule has 0 aliphatic heterocycles. The summed E-state index contributed by atoms with van der Waals surface area (Å²) < 4.78 is 0. The summed E-state index contributed by atoms with van der Waals surface area (Å²) in [6.45, 7) is 19.0. The van der Waals surface area contributed by atoms with Crippen molar-refractivity contribution >= 4 is 25.8 Å². The molecule has 142 valence electrons. The van der Waals surface area contributed by atoms with Crippen LogP contribution in [0.25, 0.3) is 0 Å². The van der Waals surface area contributed by atoms with Crippen LogP contribution in [0.5, 0.6) is 0 Å². The number of hydrogen-bond acceptors (Lipinski definition) is 0. The van der Waals surface area contributed by atoms with Crippen LogP contribution >= 0.6 is 7.47 Å². The van der Waals surface area contributed by atoms with Crippen LogP contribution in [0.2, 0.25) is 18.6 Å². The Kier molecular flexibility index (Phi) is 5.66. The molecule has 0 nitrogen and oxygen atoms in total. The third kappa shape index (κ3) is 3.65. The summed E-state index contributed by atoms with van der Waals surface area (Å²) in [6, 6.07) is 18.7. The maximum atomic E-state index is 2.63. The standard InChI is InChI=1S/C25H33PSi/c1-17-9-13-23(14-10-17)26(24-15-11-18(2)12-16-24)27(7,8)25-21(5)19(3)20(4)22(25)6/h9-16,25H,1-8H3. The second kappa shape index (κ2) is 7.53. The van der Waals surface area contributed by atoms with Gasteiger partial charge in [-0.05, 0) is 63.3 Å². The van der Waals surface area contributed by atoms with Crippen LogP contribution < -0.4 is 10.6 Å². The Hall–Kier alpha value is -1.43. The van der Waals surface area contributed by atoms with Crippen molar-refractivity contribution in [2.24, 2.45) is 0 Å². The van der Waals surface area contributed by atoms with Gasteiger partial charge in [-0.15, -0.1) is 0 Å². The molecule has 0 spiro atoms. The molecule has 2 aromatic carbocycles. The molecule has 0 amide bonds. The van der Waals surface area contributed by atoms with E-state index in [2.05, 4.69) is 103 Å². The zero-order chi connectivity index (χ0) is 19.9. The number of aryl methyl sites for hydroxylation is 2. The molecule has 0 fully saturated rings. The van der Waals surface area contributed by atoms with Crippen LogP contribution in [-0.4, -0.2) is 7.74 Å². The SMILES string of the molecule is CC1=C(C)C([Si](C)(C)P(c2ccc(C)cc2)c2ccc(C)cc2)C(C)=C1C. The van der Waals surface area contributed by atoms with Crippen LogP contribution in [0.1, 0.15) is 38.8 Å². The first-order valence-electron chi connectivity index (χ1n) is 9.93. The molecule has 2 aromatic rings. The van der Waals surface area contributed by atoms with Crippen molar-refractivity contribution < 1.29 is 0 Å². The summed E-state index contributed by atoms with van der Waals surface area (Å²) in [5, 5.41) is 3.08. The van der Waals surface area contributed by atoms with Crippen LogP contribution in [0.15, 0.2) is 70.8 Å². The number of benzene rings is 2. The normalized spacial score (nSPS) is 16.0. The van der Waals surface area contributed by atoms with Crippen LogP contribution in [0.4, 0.5) is 0 Å². The Labute approximate surface area is 168 Å². The maximum absolute atomic E-state index is 2.63. The van der Waals surface area contributed by atoms with Gasteiger partial charge in [0, 0.05) is 5.54 Å². The third-order valence-corrected chi connectivity index (χ3v) is 17.3. The molecule has 0 aromatic heterocycles. The fourth-order valence-electron chi connectivity index (χ4n) is 4.74. The van der Waals surface area contributed by atoms with Crippen molar-refractivity contribution in [1.29, 1.82) is 0 Å². The summed E-state index contributed by atoms with van der Waals surface area (Å²) >= 11 is 0. The average Bonchev–Trinajstić information content (AvgIpc) is 2.82. The Balaban J connectivity index is 2.18. The smallest absolute Gasteiger partial charge is 0.0653 e. The van der Waals surface area contributed by atoms with E-state index in [1.165, 1.54) is 22.3 Å². The molecule has 1 aliphatic rings. The number of hydrogen-bond donors (Lipinski definition) is 0. The highest BCUT2D eigenvalue weighted by molar-refractivity contribution is 8.05. The van der Waals surface area contributed by atoms with Gasteiger partial charge in [0.25, 0.3) is 0 Å². The summed E-state index contributed by atoms with van der Waals surface area (Å²) in [5.41, 5.74) is 9.63. The van der Waals surface area contributed by atoms with E-state index in [1.807, 2.05) is 0 Å². The zero-order valence-electron chi connectivity index (χ0n) is 18.1. The van der Waals surface area contributed by atoms with Gasteiger partial charge in [-0.3, -0.25) is 0 Å². The fourth-order valence-corrected chi connectivity index (χ4v) is 16.9. The molecule has 0 heterocycles. The van der Waals surface area contributed by atoms with Crippen molar-refractivity contribution in [3.8, 4) is 0 Å². The highest BCUT2D eigenvalue weighted by atomic mass is 31.4. The van der Waals surface area contributed by atoms with Crippen molar-refractivity contribution in [2.75, 3.05) is 0 Å². The van der Waals surface area contributed by atoms with Gasteiger partial charge in [0.2, 0.25) is 0 Å². The lowest BCUT2D eigenvalue weighted by atomic mass is 10.1. The summed E-state index contributed by atoms with van der Waals surface area (Å²) in [4.78, 5) is 0. The molecular formula is C25H33PSi. The minimum Gasteiger partial charge on any atom is -0.0653 e. The van der Waals surface area contributed by atoms with Gasteiger partial charge in [-0.1, -0.05) is 91.4 Å². The van der Waals surface area contributed by atoms with E-state index in [9.17, 15) is 0 Å². The minimum absolute atomic E-state index is 0.351. The zero-order valence-corrected chi connectivity index (χ0v) is 20.0. The van der Waals surface area contributed by atoms with E-state index in [-0.39, 0.29) is 7.47 Å². The Bertz CT molecular complexity index is 829. The molecule has 0 unspecified atom stereocenters. The van der Waals surface area contributed by atoms with Crippen LogP contribution in [0.3, 0.4) is 0 Å². The van der Waals surface area contributed by atoms with Crippen molar-refractivity contribution in [3.63, 3.8) is 0 Å². The van der Waals surface area contributed by atoms with Crippen LogP contribution in [-0.2, 0) is 0 Å². The summed E-state index contributed by atoms with van der Waals surface area (Å²) in [7, 11) is -2.03. The second-order valence-electron chi connectivity index (χ2n) is 8.71. The first-order chi connectivity index (χ1) is 12.6. The molecule has 0 radical (unpaired) electrons. The molecule has 27 heavy (non-hydrogen) atoms. The molecule has 0 atom stereocenters. The second-order valence-corrected chi connectivity index (χ2v) is 19.1. The molecule has 2 heteroatoms. The molecular weight excluding hydrogens is 359 g/mol. The molecule has 1 aliphatic carbocycles. The predicted octanol–water partition coefficient (Wildman–Crippen LogP) is 7.00. The topological polar surface area (TPSA) is 0 Å². The van der Waals surface area contributed by atoms with E-state index < -0.39 is 7.74 Å². The Morgan fingerprint density at radius 2 is 0.926 bits per heavy atom. The summed E-state index contributed by atoms with van der Waals surface area (Å²) in [5.74, 6) is 0. The van der Waals surface area contributed by atoms with Gasteiger partial charge in [0.1, 0.15) is 0 Å². The van der Waals surface area contributed by atoms with Gasteiger partial charge in [0.05, 0.1) is 7.74 Å². The van der Waals surface area contributed by atoms with Gasteiger partial charge in [-0.2, -0.15) is 0 Å². The lowest BCUT2D eigenvalue weighted by Gasteiger charge is -2.40. The molecule has 0 bridgehead atoms. The van der Waals surface area contributed by atoms with E-state index in [0.29, 0.717) is 5.54 Å². The minimum atomic E-state index is -1.68. The molecule has 0 N–H and O–H groups in total. The quantitative estimate of drug-likeness (QED) is 0.388. The number of rotatable bonds is 4. The Morgan fingerprint density at radius 3 is 1.26 bits per heavy atom. The lowest BCUT2D eigenvalue weighted by molar-refractivity contribution is 1.09. The van der Waals surface area contributed by atoms with E-state index >= 15 is 0 Å². The highest BCUT2D eigenvalue weighted by Crippen LogP contribution is 2.58.